The highest BCUT2D eigenvalue weighted by Gasteiger charge is 2.02. The second-order valence-corrected chi connectivity index (χ2v) is 6.42. The molecule has 0 unspecified atom stereocenters. The lowest BCUT2D eigenvalue weighted by molar-refractivity contribution is -0.115. The monoisotopic (exact) mass is 365 g/mol. The van der Waals surface area contributed by atoms with E-state index in [2.05, 4.69) is 17.6 Å². The average molecular weight is 366 g/mol. The molecule has 1 amide bonds. The number of hydrogen-bond donors (Lipinski definition) is 3. The van der Waals surface area contributed by atoms with Gasteiger partial charge in [-0.05, 0) is 61.5 Å². The smallest absolute Gasteiger partial charge is 0.238 e. The summed E-state index contributed by atoms with van der Waals surface area (Å²) in [6.07, 6.45) is 2.21. The minimum Gasteiger partial charge on any atom is -0.399 e. The molecule has 2 rings (SSSR count). The molecule has 4 nitrogen and oxygen atoms in total. The second kappa shape index (κ2) is 11.0. The van der Waals surface area contributed by atoms with Crippen molar-refractivity contribution in [3.8, 4) is 0 Å². The first kappa shape index (κ1) is 20.4. The van der Waals surface area contributed by atoms with Crippen LogP contribution in [0.1, 0.15) is 19.8 Å². The molecule has 0 radical (unpaired) electrons. The fourth-order valence-electron chi connectivity index (χ4n) is 1.99. The summed E-state index contributed by atoms with van der Waals surface area (Å²) in [4.78, 5) is 14.0. The first-order chi connectivity index (χ1) is 11.2. The predicted octanol–water partition coefficient (Wildman–Crippen LogP) is 4.17. The van der Waals surface area contributed by atoms with Crippen molar-refractivity contribution in [1.82, 2.24) is 5.32 Å². The molecule has 0 heterocycles. The molecular weight excluding hydrogens is 342 g/mol. The van der Waals surface area contributed by atoms with Crippen molar-refractivity contribution in [2.24, 2.45) is 0 Å². The third kappa shape index (κ3) is 7.25. The van der Waals surface area contributed by atoms with Crippen molar-refractivity contribution in [3.05, 3.63) is 48.5 Å². The summed E-state index contributed by atoms with van der Waals surface area (Å²) in [7, 11) is 0. The van der Waals surface area contributed by atoms with Gasteiger partial charge in [-0.2, -0.15) is 0 Å². The standard InChI is InChI=1S/C18H23N3OS.ClH/c1-2-3-12-20-13-18(22)21-15-6-10-17(11-7-15)23-16-8-4-14(19)5-9-16;/h4-11,20H,2-3,12-13,19H2,1H3,(H,21,22);1H. The molecule has 0 atom stereocenters. The number of amides is 1. The number of carbonyl (C=O) groups excluding carboxylic acids is 1. The van der Waals surface area contributed by atoms with Crippen LogP contribution in [0.2, 0.25) is 0 Å². The highest BCUT2D eigenvalue weighted by molar-refractivity contribution is 7.99. The molecule has 0 aromatic heterocycles. The van der Waals surface area contributed by atoms with Gasteiger partial charge in [0.25, 0.3) is 0 Å². The molecule has 2 aromatic carbocycles. The predicted molar refractivity (Wildman–Crippen MR) is 105 cm³/mol. The van der Waals surface area contributed by atoms with E-state index >= 15 is 0 Å². The first-order valence-corrected chi connectivity index (χ1v) is 8.63. The lowest BCUT2D eigenvalue weighted by Crippen LogP contribution is -2.28. The number of anilines is 2. The van der Waals surface area contributed by atoms with Crippen LogP contribution in [0.25, 0.3) is 0 Å². The number of halogens is 1. The number of nitrogens with one attached hydrogen (secondary N) is 2. The highest BCUT2D eigenvalue weighted by Crippen LogP contribution is 2.28. The Morgan fingerprint density at radius 1 is 1.04 bits per heavy atom. The van der Waals surface area contributed by atoms with Crippen molar-refractivity contribution in [2.45, 2.75) is 29.6 Å². The number of nitrogen functional groups attached to an aromatic ring is 1. The van der Waals surface area contributed by atoms with Gasteiger partial charge in [0.2, 0.25) is 5.91 Å². The SMILES string of the molecule is CCCCNCC(=O)Nc1ccc(Sc2ccc(N)cc2)cc1.Cl. The van der Waals surface area contributed by atoms with E-state index in [0.29, 0.717) is 6.54 Å². The van der Waals surface area contributed by atoms with E-state index < -0.39 is 0 Å². The van der Waals surface area contributed by atoms with Crippen molar-refractivity contribution < 1.29 is 4.79 Å². The van der Waals surface area contributed by atoms with Gasteiger partial charge in [-0.1, -0.05) is 25.1 Å². The Labute approximate surface area is 154 Å². The zero-order valence-electron chi connectivity index (χ0n) is 13.7. The molecule has 0 aliphatic carbocycles. The van der Waals surface area contributed by atoms with E-state index in [1.807, 2.05) is 48.5 Å². The van der Waals surface area contributed by atoms with Gasteiger partial charge >= 0.3 is 0 Å². The van der Waals surface area contributed by atoms with Gasteiger partial charge in [0, 0.05) is 21.2 Å². The molecule has 0 aliphatic heterocycles. The van der Waals surface area contributed by atoms with Crippen LogP contribution in [0.3, 0.4) is 0 Å². The minimum atomic E-state index is -0.0139. The molecule has 0 spiro atoms. The molecule has 0 saturated heterocycles. The number of hydrogen-bond acceptors (Lipinski definition) is 4. The Morgan fingerprint density at radius 2 is 1.62 bits per heavy atom. The summed E-state index contributed by atoms with van der Waals surface area (Å²) in [5, 5.41) is 6.02. The van der Waals surface area contributed by atoms with Crippen molar-refractivity contribution in [3.63, 3.8) is 0 Å². The van der Waals surface area contributed by atoms with Crippen molar-refractivity contribution in [1.29, 1.82) is 0 Å². The maximum absolute atomic E-state index is 11.8. The molecule has 0 saturated carbocycles. The molecule has 130 valence electrons. The van der Waals surface area contributed by atoms with Crippen molar-refractivity contribution >= 4 is 41.5 Å². The normalized spacial score (nSPS) is 10.0. The van der Waals surface area contributed by atoms with Gasteiger partial charge in [-0.15, -0.1) is 12.4 Å². The molecule has 0 aliphatic rings. The third-order valence-electron chi connectivity index (χ3n) is 3.25. The maximum Gasteiger partial charge on any atom is 0.238 e. The Hall–Kier alpha value is -1.69. The number of nitrogens with two attached hydrogens (primary N) is 1. The van der Waals surface area contributed by atoms with Gasteiger partial charge in [0.05, 0.1) is 6.54 Å². The van der Waals surface area contributed by atoms with Gasteiger partial charge in [-0.25, -0.2) is 0 Å². The van der Waals surface area contributed by atoms with E-state index in [9.17, 15) is 4.79 Å². The largest absolute Gasteiger partial charge is 0.399 e. The van der Waals surface area contributed by atoms with Crippen LogP contribution in [0.4, 0.5) is 11.4 Å². The van der Waals surface area contributed by atoms with E-state index in [1.54, 1.807) is 11.8 Å². The van der Waals surface area contributed by atoms with Gasteiger partial charge in [-0.3, -0.25) is 4.79 Å². The number of benzene rings is 2. The highest BCUT2D eigenvalue weighted by atomic mass is 35.5. The molecule has 2 aromatic rings. The Kier molecular flexibility index (Phi) is 9.30. The minimum absolute atomic E-state index is 0. The third-order valence-corrected chi connectivity index (χ3v) is 4.26. The van der Waals surface area contributed by atoms with Crippen LogP contribution < -0.4 is 16.4 Å². The number of carbonyl (C=O) groups is 1. The maximum atomic E-state index is 11.8. The van der Waals surface area contributed by atoms with Crippen LogP contribution in [0, 0.1) is 0 Å². The number of rotatable bonds is 8. The summed E-state index contributed by atoms with van der Waals surface area (Å²) in [5.41, 5.74) is 7.26. The Bertz CT molecular complexity index is 617. The summed E-state index contributed by atoms with van der Waals surface area (Å²) in [6, 6.07) is 15.6. The summed E-state index contributed by atoms with van der Waals surface area (Å²) in [5.74, 6) is -0.0139. The lowest BCUT2D eigenvalue weighted by Gasteiger charge is -2.07. The molecule has 24 heavy (non-hydrogen) atoms. The van der Waals surface area contributed by atoms with Crippen LogP contribution in [0.15, 0.2) is 58.3 Å². The van der Waals surface area contributed by atoms with Gasteiger partial charge in [0.1, 0.15) is 0 Å². The van der Waals surface area contributed by atoms with E-state index in [0.717, 1.165) is 40.6 Å². The van der Waals surface area contributed by atoms with Gasteiger partial charge in [0.15, 0.2) is 0 Å². The van der Waals surface area contributed by atoms with E-state index in [1.165, 1.54) is 0 Å². The van der Waals surface area contributed by atoms with Crippen LogP contribution in [-0.4, -0.2) is 19.0 Å². The average Bonchev–Trinajstić information content (AvgIpc) is 2.56. The molecule has 0 bridgehead atoms. The fourth-order valence-corrected chi connectivity index (χ4v) is 2.80. The topological polar surface area (TPSA) is 67.2 Å². The fraction of sp³-hybridized carbons (Fsp3) is 0.278. The second-order valence-electron chi connectivity index (χ2n) is 5.27. The lowest BCUT2D eigenvalue weighted by atomic mass is 10.3. The molecule has 0 fully saturated rings. The molecule has 4 N–H and O–H groups in total. The van der Waals surface area contributed by atoms with Crippen LogP contribution in [-0.2, 0) is 4.79 Å². The summed E-state index contributed by atoms with van der Waals surface area (Å²) < 4.78 is 0. The van der Waals surface area contributed by atoms with Crippen molar-refractivity contribution in [2.75, 3.05) is 24.1 Å². The van der Waals surface area contributed by atoms with Gasteiger partial charge < -0.3 is 16.4 Å². The Balaban J connectivity index is 0.00000288. The molecular formula is C18H24ClN3OS. The molecule has 6 heteroatoms. The van der Waals surface area contributed by atoms with Crippen LogP contribution in [0.5, 0.6) is 0 Å². The van der Waals surface area contributed by atoms with E-state index in [4.69, 9.17) is 5.73 Å². The number of unbranched alkanes of at least 4 members (excludes halogenated alkanes) is 1. The summed E-state index contributed by atoms with van der Waals surface area (Å²) >= 11 is 1.66. The Morgan fingerprint density at radius 3 is 2.21 bits per heavy atom. The quantitative estimate of drug-likeness (QED) is 0.485. The van der Waals surface area contributed by atoms with E-state index in [-0.39, 0.29) is 18.3 Å². The zero-order valence-corrected chi connectivity index (χ0v) is 15.4. The van der Waals surface area contributed by atoms with Crippen LogP contribution >= 0.6 is 24.2 Å². The first-order valence-electron chi connectivity index (χ1n) is 7.81. The zero-order chi connectivity index (χ0) is 16.5. The summed E-state index contributed by atoms with van der Waals surface area (Å²) in [6.45, 7) is 3.36.